The maximum atomic E-state index is 12.5. The number of amides is 1. The summed E-state index contributed by atoms with van der Waals surface area (Å²) in [5, 5.41) is 11.3. The molecule has 1 aliphatic rings. The van der Waals surface area contributed by atoms with Crippen molar-refractivity contribution in [1.29, 1.82) is 0 Å². The number of nitrogens with one attached hydrogen (secondary N) is 2. The van der Waals surface area contributed by atoms with Crippen molar-refractivity contribution >= 4 is 11.6 Å². The predicted molar refractivity (Wildman–Crippen MR) is 71.9 cm³/mol. The zero-order valence-electron chi connectivity index (χ0n) is 11.4. The third kappa shape index (κ3) is 2.35. The van der Waals surface area contributed by atoms with Gasteiger partial charge < -0.3 is 4.90 Å². The second-order valence-electron chi connectivity index (χ2n) is 5.18. The van der Waals surface area contributed by atoms with Crippen LogP contribution in [0.25, 0.3) is 5.65 Å². The van der Waals surface area contributed by atoms with Gasteiger partial charge in [-0.1, -0.05) is 0 Å². The Bertz CT molecular complexity index is 625. The Kier molecular flexibility index (Phi) is 3.33. The molecule has 2 unspecified atom stereocenters. The molecule has 0 aliphatic carbocycles. The highest BCUT2D eigenvalue weighted by molar-refractivity contribution is 5.99. The first kappa shape index (κ1) is 12.9. The fourth-order valence-electron chi connectivity index (χ4n) is 2.48. The van der Waals surface area contributed by atoms with Gasteiger partial charge in [-0.25, -0.2) is 0 Å². The Morgan fingerprint density at radius 3 is 3.15 bits per heavy atom. The third-order valence-corrected chi connectivity index (χ3v) is 3.47. The molecule has 0 bridgehead atoms. The lowest BCUT2D eigenvalue weighted by molar-refractivity contribution is 0.0784. The summed E-state index contributed by atoms with van der Waals surface area (Å²) in [6.07, 6.45) is 2.71. The molecule has 20 heavy (non-hydrogen) atoms. The van der Waals surface area contributed by atoms with E-state index in [0.29, 0.717) is 23.8 Å². The molecule has 1 amide bonds. The normalized spacial score (nSPS) is 22.3. The van der Waals surface area contributed by atoms with Crippen LogP contribution in [0, 0.1) is 0 Å². The summed E-state index contributed by atoms with van der Waals surface area (Å²) in [5.74, 6) is -0.0771. The van der Waals surface area contributed by atoms with E-state index >= 15 is 0 Å². The highest BCUT2D eigenvalue weighted by atomic mass is 16.2. The van der Waals surface area contributed by atoms with Crippen LogP contribution in [0.2, 0.25) is 0 Å². The van der Waals surface area contributed by atoms with Gasteiger partial charge in [-0.05, 0) is 35.9 Å². The van der Waals surface area contributed by atoms with Gasteiger partial charge in [-0.15, -0.1) is 5.10 Å². The molecule has 0 spiro atoms. The second-order valence-corrected chi connectivity index (χ2v) is 5.18. The van der Waals surface area contributed by atoms with Gasteiger partial charge in [0.25, 0.3) is 5.91 Å². The monoisotopic (exact) mass is 275 g/mol. The summed E-state index contributed by atoms with van der Waals surface area (Å²) >= 11 is 0. The van der Waals surface area contributed by atoms with Crippen molar-refractivity contribution in [3.8, 4) is 0 Å². The van der Waals surface area contributed by atoms with Crippen LogP contribution < -0.4 is 10.9 Å². The molecule has 2 N–H and O–H groups in total. The number of hydrazine groups is 1. The van der Waals surface area contributed by atoms with E-state index in [1.807, 2.05) is 0 Å². The molecule has 1 aliphatic heterocycles. The largest absolute Gasteiger partial charge is 0.340 e. The lowest BCUT2D eigenvalue weighted by Crippen LogP contribution is -2.41. The first-order chi connectivity index (χ1) is 9.65. The van der Waals surface area contributed by atoms with Gasteiger partial charge >= 0.3 is 0 Å². The molecule has 8 nitrogen and oxygen atoms in total. The molecule has 3 heterocycles. The van der Waals surface area contributed by atoms with Crippen LogP contribution >= 0.6 is 0 Å². The summed E-state index contributed by atoms with van der Waals surface area (Å²) in [6, 6.07) is 4.19. The fourth-order valence-corrected chi connectivity index (χ4v) is 2.48. The van der Waals surface area contributed by atoms with E-state index in [2.05, 4.69) is 33.3 Å². The predicted octanol–water partition coefficient (Wildman–Crippen LogP) is -0.549. The molecule has 0 aromatic carbocycles. The molecule has 2 aromatic rings. The van der Waals surface area contributed by atoms with E-state index in [-0.39, 0.29) is 11.9 Å². The number of pyridine rings is 1. The van der Waals surface area contributed by atoms with Crippen LogP contribution in [-0.4, -0.2) is 56.5 Å². The Labute approximate surface area is 116 Å². The van der Waals surface area contributed by atoms with Gasteiger partial charge in [0.15, 0.2) is 5.65 Å². The number of likely N-dealkylation sites (N-methyl/N-ethyl adjacent to an activating group) is 1. The fraction of sp³-hybridized carbons (Fsp3) is 0.500. The average Bonchev–Trinajstić information content (AvgIpc) is 3.06. The summed E-state index contributed by atoms with van der Waals surface area (Å²) in [7, 11) is 1.79. The molecule has 8 heteroatoms. The Morgan fingerprint density at radius 1 is 1.55 bits per heavy atom. The van der Waals surface area contributed by atoms with Gasteiger partial charge in [0.2, 0.25) is 0 Å². The van der Waals surface area contributed by atoms with Gasteiger partial charge in [-0.2, -0.15) is 4.52 Å². The van der Waals surface area contributed by atoms with E-state index < -0.39 is 0 Å². The van der Waals surface area contributed by atoms with E-state index in [4.69, 9.17) is 0 Å². The number of aromatic nitrogens is 4. The number of carbonyl (C=O) groups excluding carboxylic acids is 1. The number of hydrogen-bond donors (Lipinski definition) is 2. The average molecular weight is 275 g/mol. The standard InChI is InChI=1S/C12H17N7O/c1-8-6-9(14-13-8)7-18(2)12(20)10-4-3-5-19-11(10)15-16-17-19/h3-5,8-9,13-14H,6-7H2,1-2H3. The minimum Gasteiger partial charge on any atom is -0.340 e. The minimum absolute atomic E-state index is 0.0771. The topological polar surface area (TPSA) is 87.5 Å². The van der Waals surface area contributed by atoms with Crippen molar-refractivity contribution < 1.29 is 4.79 Å². The molecule has 2 aromatic heterocycles. The number of hydrogen-bond acceptors (Lipinski definition) is 6. The van der Waals surface area contributed by atoms with Crippen LogP contribution in [0.3, 0.4) is 0 Å². The van der Waals surface area contributed by atoms with Gasteiger partial charge in [0.1, 0.15) is 0 Å². The number of tetrazole rings is 1. The summed E-state index contributed by atoms with van der Waals surface area (Å²) in [5.41, 5.74) is 7.34. The molecule has 2 atom stereocenters. The lowest BCUT2D eigenvalue weighted by atomic mass is 10.1. The SMILES string of the molecule is CC1CC(CN(C)C(=O)c2cccn3nnnc23)NN1. The van der Waals surface area contributed by atoms with Crippen molar-refractivity contribution in [2.45, 2.75) is 25.4 Å². The lowest BCUT2D eigenvalue weighted by Gasteiger charge is -2.21. The first-order valence-electron chi connectivity index (χ1n) is 6.58. The Morgan fingerprint density at radius 2 is 2.40 bits per heavy atom. The zero-order valence-corrected chi connectivity index (χ0v) is 11.4. The maximum absolute atomic E-state index is 12.5. The third-order valence-electron chi connectivity index (χ3n) is 3.47. The second kappa shape index (κ2) is 5.14. The van der Waals surface area contributed by atoms with E-state index in [1.165, 1.54) is 4.52 Å². The minimum atomic E-state index is -0.0771. The van der Waals surface area contributed by atoms with Crippen LogP contribution in [0.4, 0.5) is 0 Å². The molecule has 106 valence electrons. The van der Waals surface area contributed by atoms with Crippen molar-refractivity contribution in [2.24, 2.45) is 0 Å². The molecule has 0 radical (unpaired) electrons. The van der Waals surface area contributed by atoms with Crippen LogP contribution in [0.1, 0.15) is 23.7 Å². The van der Waals surface area contributed by atoms with E-state index in [1.54, 1.807) is 30.3 Å². The summed E-state index contributed by atoms with van der Waals surface area (Å²) < 4.78 is 1.50. The van der Waals surface area contributed by atoms with Crippen LogP contribution in [0.5, 0.6) is 0 Å². The van der Waals surface area contributed by atoms with E-state index in [0.717, 1.165) is 6.42 Å². The molecule has 0 saturated carbocycles. The smallest absolute Gasteiger partial charge is 0.257 e. The quantitative estimate of drug-likeness (QED) is 0.781. The van der Waals surface area contributed by atoms with Crippen molar-refractivity contribution in [1.82, 2.24) is 35.8 Å². The maximum Gasteiger partial charge on any atom is 0.257 e. The number of carbonyl (C=O) groups is 1. The van der Waals surface area contributed by atoms with Crippen molar-refractivity contribution in [3.63, 3.8) is 0 Å². The highest BCUT2D eigenvalue weighted by Crippen LogP contribution is 2.11. The molecular formula is C12H17N7O. The van der Waals surface area contributed by atoms with Crippen molar-refractivity contribution in [3.05, 3.63) is 23.9 Å². The van der Waals surface area contributed by atoms with Crippen LogP contribution in [0.15, 0.2) is 18.3 Å². The van der Waals surface area contributed by atoms with Crippen molar-refractivity contribution in [2.75, 3.05) is 13.6 Å². The number of rotatable bonds is 3. The van der Waals surface area contributed by atoms with Gasteiger partial charge in [0, 0.05) is 31.9 Å². The van der Waals surface area contributed by atoms with E-state index in [9.17, 15) is 4.79 Å². The highest BCUT2D eigenvalue weighted by Gasteiger charge is 2.24. The molecule has 3 rings (SSSR count). The Hall–Kier alpha value is -2.06. The zero-order chi connectivity index (χ0) is 14.1. The summed E-state index contributed by atoms with van der Waals surface area (Å²) in [4.78, 5) is 14.2. The van der Waals surface area contributed by atoms with Gasteiger partial charge in [0.05, 0.1) is 5.56 Å². The molecule has 1 saturated heterocycles. The first-order valence-corrected chi connectivity index (χ1v) is 6.58. The molecular weight excluding hydrogens is 258 g/mol. The number of fused-ring (bicyclic) bond motifs is 1. The van der Waals surface area contributed by atoms with Gasteiger partial charge in [-0.3, -0.25) is 15.6 Å². The number of nitrogens with zero attached hydrogens (tertiary/aromatic N) is 5. The summed E-state index contributed by atoms with van der Waals surface area (Å²) in [6.45, 7) is 2.75. The Balaban J connectivity index is 1.76. The molecule has 1 fully saturated rings. The van der Waals surface area contributed by atoms with Crippen LogP contribution in [-0.2, 0) is 0 Å².